The van der Waals surface area contributed by atoms with Gasteiger partial charge in [-0.1, -0.05) is 12.1 Å². The molecule has 0 radical (unpaired) electrons. The van der Waals surface area contributed by atoms with Crippen molar-refractivity contribution >= 4 is 0 Å². The largest absolute Gasteiger partial charge is 0.341 e. The Kier molecular flexibility index (Phi) is 2.22. The SMILES string of the molecule is Cc1[nH]c(-c2cccc(F)c2)nc1C#N. The van der Waals surface area contributed by atoms with Crippen LogP contribution in [0.4, 0.5) is 4.39 Å². The Bertz CT molecular complexity index is 537. The van der Waals surface area contributed by atoms with Crippen LogP contribution in [0, 0.1) is 24.1 Å². The van der Waals surface area contributed by atoms with Crippen molar-refractivity contribution in [1.29, 1.82) is 5.26 Å². The van der Waals surface area contributed by atoms with Crippen molar-refractivity contribution in [2.75, 3.05) is 0 Å². The Hall–Kier alpha value is -2.15. The number of benzene rings is 1. The Morgan fingerprint density at radius 3 is 2.87 bits per heavy atom. The first-order valence-electron chi connectivity index (χ1n) is 4.43. The Labute approximate surface area is 86.2 Å². The van der Waals surface area contributed by atoms with Gasteiger partial charge in [0.05, 0.1) is 5.69 Å². The molecular formula is C11H8FN3. The molecule has 3 nitrogen and oxygen atoms in total. The number of nitrogens with one attached hydrogen (secondary N) is 1. The Balaban J connectivity index is 2.51. The number of hydrogen-bond donors (Lipinski definition) is 1. The van der Waals surface area contributed by atoms with Crippen molar-refractivity contribution in [3.8, 4) is 17.5 Å². The molecule has 0 spiro atoms. The average Bonchev–Trinajstić information content (AvgIpc) is 2.60. The molecule has 0 bridgehead atoms. The highest BCUT2D eigenvalue weighted by Crippen LogP contribution is 2.18. The number of H-pyrrole nitrogens is 1. The molecule has 0 amide bonds. The number of hydrogen-bond acceptors (Lipinski definition) is 2. The van der Waals surface area contributed by atoms with Crippen LogP contribution in [0.15, 0.2) is 24.3 Å². The first kappa shape index (κ1) is 9.41. The summed E-state index contributed by atoms with van der Waals surface area (Å²) in [6.45, 7) is 1.76. The lowest BCUT2D eigenvalue weighted by Crippen LogP contribution is -1.82. The molecular weight excluding hydrogens is 193 g/mol. The maximum absolute atomic E-state index is 12.9. The van der Waals surface area contributed by atoms with Gasteiger partial charge in [0.1, 0.15) is 17.7 Å². The Morgan fingerprint density at radius 2 is 2.27 bits per heavy atom. The minimum atomic E-state index is -0.319. The molecule has 0 atom stereocenters. The number of aromatic nitrogens is 2. The van der Waals surface area contributed by atoms with Gasteiger partial charge in [0.2, 0.25) is 0 Å². The second kappa shape index (κ2) is 3.54. The lowest BCUT2D eigenvalue weighted by molar-refractivity contribution is 0.628. The van der Waals surface area contributed by atoms with E-state index in [4.69, 9.17) is 5.26 Å². The van der Waals surface area contributed by atoms with Crippen LogP contribution in [-0.4, -0.2) is 9.97 Å². The summed E-state index contributed by atoms with van der Waals surface area (Å²) in [6, 6.07) is 8.05. The van der Waals surface area contributed by atoms with Gasteiger partial charge >= 0.3 is 0 Å². The molecule has 15 heavy (non-hydrogen) atoms. The minimum Gasteiger partial charge on any atom is -0.341 e. The zero-order valence-electron chi connectivity index (χ0n) is 8.08. The Morgan fingerprint density at radius 1 is 1.47 bits per heavy atom. The van der Waals surface area contributed by atoms with Crippen molar-refractivity contribution in [3.05, 3.63) is 41.5 Å². The first-order valence-corrected chi connectivity index (χ1v) is 4.43. The predicted molar refractivity (Wildman–Crippen MR) is 53.4 cm³/mol. The van der Waals surface area contributed by atoms with E-state index in [-0.39, 0.29) is 5.82 Å². The quantitative estimate of drug-likeness (QED) is 0.770. The second-order valence-corrected chi connectivity index (χ2v) is 3.18. The molecule has 0 unspecified atom stereocenters. The second-order valence-electron chi connectivity index (χ2n) is 3.18. The molecule has 2 aromatic rings. The van der Waals surface area contributed by atoms with E-state index < -0.39 is 0 Å². The fraction of sp³-hybridized carbons (Fsp3) is 0.0909. The molecule has 1 N–H and O–H groups in total. The molecule has 74 valence electrons. The van der Waals surface area contributed by atoms with E-state index in [2.05, 4.69) is 9.97 Å². The van der Waals surface area contributed by atoms with Gasteiger partial charge in [0.15, 0.2) is 5.69 Å². The normalized spacial score (nSPS) is 9.93. The molecule has 0 aliphatic rings. The van der Waals surface area contributed by atoms with E-state index >= 15 is 0 Å². The number of halogens is 1. The van der Waals surface area contributed by atoms with E-state index in [1.54, 1.807) is 19.1 Å². The van der Waals surface area contributed by atoms with E-state index in [0.29, 0.717) is 22.8 Å². The van der Waals surface area contributed by atoms with Crippen LogP contribution < -0.4 is 0 Å². The molecule has 1 aromatic carbocycles. The number of rotatable bonds is 1. The zero-order chi connectivity index (χ0) is 10.8. The van der Waals surface area contributed by atoms with Crippen molar-refractivity contribution < 1.29 is 4.39 Å². The van der Waals surface area contributed by atoms with E-state index in [1.165, 1.54) is 12.1 Å². The average molecular weight is 201 g/mol. The predicted octanol–water partition coefficient (Wildman–Crippen LogP) is 2.40. The lowest BCUT2D eigenvalue weighted by Gasteiger charge is -1.95. The molecule has 0 fully saturated rings. The van der Waals surface area contributed by atoms with Crippen molar-refractivity contribution in [3.63, 3.8) is 0 Å². The number of nitriles is 1. The monoisotopic (exact) mass is 201 g/mol. The van der Waals surface area contributed by atoms with Gasteiger partial charge in [0, 0.05) is 5.56 Å². The maximum Gasteiger partial charge on any atom is 0.161 e. The van der Waals surface area contributed by atoms with Crippen LogP contribution in [0.3, 0.4) is 0 Å². The minimum absolute atomic E-state index is 0.319. The van der Waals surface area contributed by atoms with Gasteiger partial charge < -0.3 is 4.98 Å². The van der Waals surface area contributed by atoms with Crippen LogP contribution in [0.5, 0.6) is 0 Å². The topological polar surface area (TPSA) is 52.5 Å². The van der Waals surface area contributed by atoms with Crippen LogP contribution in [0.25, 0.3) is 11.4 Å². The van der Waals surface area contributed by atoms with Crippen LogP contribution in [0.1, 0.15) is 11.4 Å². The molecule has 0 saturated carbocycles. The molecule has 0 saturated heterocycles. The van der Waals surface area contributed by atoms with Gasteiger partial charge in [-0.2, -0.15) is 5.26 Å². The van der Waals surface area contributed by atoms with Gasteiger partial charge in [-0.05, 0) is 19.1 Å². The van der Waals surface area contributed by atoms with Crippen LogP contribution in [-0.2, 0) is 0 Å². The third-order valence-corrected chi connectivity index (χ3v) is 2.09. The summed E-state index contributed by atoms with van der Waals surface area (Å²) in [6.07, 6.45) is 0. The molecule has 2 rings (SSSR count). The number of aryl methyl sites for hydroxylation is 1. The summed E-state index contributed by atoms with van der Waals surface area (Å²) in [5.74, 6) is 0.198. The standard InChI is InChI=1S/C11H8FN3/c1-7-10(6-13)15-11(14-7)8-3-2-4-9(12)5-8/h2-5H,1H3,(H,14,15). The highest BCUT2D eigenvalue weighted by Gasteiger charge is 2.07. The summed E-state index contributed by atoms with van der Waals surface area (Å²) in [5, 5.41) is 8.73. The number of imidazole rings is 1. The van der Waals surface area contributed by atoms with Gasteiger partial charge in [0.25, 0.3) is 0 Å². The van der Waals surface area contributed by atoms with E-state index in [1.807, 2.05) is 6.07 Å². The summed E-state index contributed by atoms with van der Waals surface area (Å²) < 4.78 is 12.9. The van der Waals surface area contributed by atoms with E-state index in [9.17, 15) is 4.39 Å². The highest BCUT2D eigenvalue weighted by atomic mass is 19.1. The lowest BCUT2D eigenvalue weighted by atomic mass is 10.2. The summed E-state index contributed by atoms with van der Waals surface area (Å²) in [7, 11) is 0. The van der Waals surface area contributed by atoms with Crippen molar-refractivity contribution in [1.82, 2.24) is 9.97 Å². The van der Waals surface area contributed by atoms with Crippen LogP contribution >= 0.6 is 0 Å². The third kappa shape index (κ3) is 1.72. The summed E-state index contributed by atoms with van der Waals surface area (Å²) in [5.41, 5.74) is 1.67. The van der Waals surface area contributed by atoms with Crippen LogP contribution in [0.2, 0.25) is 0 Å². The molecule has 0 aliphatic carbocycles. The van der Waals surface area contributed by atoms with Gasteiger partial charge in [-0.25, -0.2) is 9.37 Å². The molecule has 1 aromatic heterocycles. The molecule has 0 aliphatic heterocycles. The molecule has 4 heteroatoms. The zero-order valence-corrected chi connectivity index (χ0v) is 8.08. The third-order valence-electron chi connectivity index (χ3n) is 2.09. The highest BCUT2D eigenvalue weighted by molar-refractivity contribution is 5.56. The summed E-state index contributed by atoms with van der Waals surface area (Å²) >= 11 is 0. The number of nitrogens with zero attached hydrogens (tertiary/aromatic N) is 2. The summed E-state index contributed by atoms with van der Waals surface area (Å²) in [4.78, 5) is 7.00. The number of aromatic amines is 1. The van der Waals surface area contributed by atoms with Gasteiger partial charge in [-0.3, -0.25) is 0 Å². The fourth-order valence-electron chi connectivity index (χ4n) is 1.34. The van der Waals surface area contributed by atoms with E-state index in [0.717, 1.165) is 0 Å². The smallest absolute Gasteiger partial charge is 0.161 e. The maximum atomic E-state index is 12.9. The van der Waals surface area contributed by atoms with Crippen molar-refractivity contribution in [2.24, 2.45) is 0 Å². The molecule has 1 heterocycles. The fourth-order valence-corrected chi connectivity index (χ4v) is 1.34. The van der Waals surface area contributed by atoms with Crippen molar-refractivity contribution in [2.45, 2.75) is 6.92 Å². The first-order chi connectivity index (χ1) is 7.20. The van der Waals surface area contributed by atoms with Gasteiger partial charge in [-0.15, -0.1) is 0 Å².